The van der Waals surface area contributed by atoms with Crippen LogP contribution >= 0.6 is 23.2 Å². The van der Waals surface area contributed by atoms with Crippen molar-refractivity contribution in [2.45, 2.75) is 6.42 Å². The molecule has 0 atom stereocenters. The van der Waals surface area contributed by atoms with Gasteiger partial charge in [0.15, 0.2) is 5.65 Å². The molecule has 8 heteroatoms. The molecule has 6 nitrogen and oxygen atoms in total. The maximum Gasteiger partial charge on any atom is 0.263 e. The Hall–Kier alpha value is -2.05. The van der Waals surface area contributed by atoms with Crippen LogP contribution in [0.3, 0.4) is 0 Å². The molecule has 0 radical (unpaired) electrons. The van der Waals surface area contributed by atoms with Crippen molar-refractivity contribution in [3.8, 4) is 0 Å². The molecule has 0 spiro atoms. The highest BCUT2D eigenvalue weighted by Crippen LogP contribution is 2.25. The third-order valence-electron chi connectivity index (χ3n) is 3.32. The van der Waals surface area contributed by atoms with E-state index in [1.54, 1.807) is 17.8 Å². The first-order chi connectivity index (χ1) is 10.6. The molecule has 0 aliphatic carbocycles. The van der Waals surface area contributed by atoms with Crippen LogP contribution in [0.5, 0.6) is 0 Å². The van der Waals surface area contributed by atoms with E-state index in [2.05, 4.69) is 20.4 Å². The molecule has 0 aliphatic heterocycles. The normalized spacial score (nSPS) is 11.0. The number of H-pyrrole nitrogens is 1. The molecular formula is C14H13Cl2N5O. The number of nitrogens with zero attached hydrogens (tertiary/aromatic N) is 3. The van der Waals surface area contributed by atoms with E-state index < -0.39 is 0 Å². The van der Waals surface area contributed by atoms with E-state index in [-0.39, 0.29) is 5.56 Å². The molecular weight excluding hydrogens is 325 g/mol. The summed E-state index contributed by atoms with van der Waals surface area (Å²) in [6.45, 7) is 0.562. The lowest BCUT2D eigenvalue weighted by Gasteiger charge is -2.08. The van der Waals surface area contributed by atoms with Crippen LogP contribution in [0.2, 0.25) is 10.0 Å². The van der Waals surface area contributed by atoms with Gasteiger partial charge >= 0.3 is 0 Å². The number of rotatable bonds is 4. The Morgan fingerprint density at radius 2 is 2.18 bits per heavy atom. The van der Waals surface area contributed by atoms with Crippen LogP contribution in [0.15, 0.2) is 29.2 Å². The third-order valence-corrected chi connectivity index (χ3v) is 4.18. The van der Waals surface area contributed by atoms with Crippen LogP contribution in [0.1, 0.15) is 5.56 Å². The Morgan fingerprint density at radius 3 is 3.00 bits per heavy atom. The van der Waals surface area contributed by atoms with Gasteiger partial charge in [0.1, 0.15) is 5.39 Å². The summed E-state index contributed by atoms with van der Waals surface area (Å²) in [4.78, 5) is 18.9. The fraction of sp³-hybridized carbons (Fsp3) is 0.214. The van der Waals surface area contributed by atoms with Gasteiger partial charge in [-0.05, 0) is 18.1 Å². The highest BCUT2D eigenvalue weighted by Gasteiger charge is 2.08. The monoisotopic (exact) mass is 337 g/mol. The average Bonchev–Trinajstić information content (AvgIpc) is 2.86. The standard InChI is InChI=1S/C14H13Cl2N5O/c1-21-12-9(7-18-21)13(22)20-14(19-12)17-6-5-8-3-2-4-10(15)11(8)16/h2-4,7H,5-6H2,1H3,(H2,17,19,20,22). The SMILES string of the molecule is Cn1ncc2c(=O)[nH]c(NCCc3cccc(Cl)c3Cl)nc21. The Labute approximate surface area is 136 Å². The van der Waals surface area contributed by atoms with Crippen LogP contribution < -0.4 is 10.9 Å². The van der Waals surface area contributed by atoms with Gasteiger partial charge in [0.25, 0.3) is 5.56 Å². The fourth-order valence-electron chi connectivity index (χ4n) is 2.17. The highest BCUT2D eigenvalue weighted by atomic mass is 35.5. The Bertz CT molecular complexity index is 887. The van der Waals surface area contributed by atoms with Crippen molar-refractivity contribution in [2.24, 2.45) is 7.05 Å². The average molecular weight is 338 g/mol. The summed E-state index contributed by atoms with van der Waals surface area (Å²) >= 11 is 12.1. The van der Waals surface area contributed by atoms with Gasteiger partial charge in [-0.25, -0.2) is 0 Å². The summed E-state index contributed by atoms with van der Waals surface area (Å²) < 4.78 is 1.56. The van der Waals surface area contributed by atoms with E-state index in [9.17, 15) is 4.79 Å². The van der Waals surface area contributed by atoms with Gasteiger partial charge in [-0.15, -0.1) is 0 Å². The van der Waals surface area contributed by atoms with Crippen molar-refractivity contribution in [3.63, 3.8) is 0 Å². The Balaban J connectivity index is 1.75. The van der Waals surface area contributed by atoms with Crippen LogP contribution in [-0.4, -0.2) is 26.3 Å². The van der Waals surface area contributed by atoms with Crippen molar-refractivity contribution < 1.29 is 0 Å². The second kappa shape index (κ2) is 5.98. The molecule has 2 heterocycles. The highest BCUT2D eigenvalue weighted by molar-refractivity contribution is 6.42. The number of aromatic amines is 1. The van der Waals surface area contributed by atoms with Gasteiger partial charge in [0.05, 0.1) is 16.2 Å². The minimum atomic E-state index is -0.221. The zero-order valence-electron chi connectivity index (χ0n) is 11.7. The summed E-state index contributed by atoms with van der Waals surface area (Å²) in [5, 5.41) is 8.65. The molecule has 2 N–H and O–H groups in total. The lowest BCUT2D eigenvalue weighted by atomic mass is 10.1. The zero-order chi connectivity index (χ0) is 15.7. The first-order valence-electron chi connectivity index (χ1n) is 6.65. The number of hydrogen-bond acceptors (Lipinski definition) is 4. The predicted molar refractivity (Wildman–Crippen MR) is 87.8 cm³/mol. The summed E-state index contributed by atoms with van der Waals surface area (Å²) in [6.07, 6.45) is 2.16. The first kappa shape index (κ1) is 14.9. The fourth-order valence-corrected chi connectivity index (χ4v) is 2.59. The van der Waals surface area contributed by atoms with Crippen molar-refractivity contribution in [1.82, 2.24) is 19.7 Å². The number of nitrogens with one attached hydrogen (secondary N) is 2. The molecule has 3 aromatic rings. The minimum Gasteiger partial charge on any atom is -0.355 e. The summed E-state index contributed by atoms with van der Waals surface area (Å²) in [5.74, 6) is 0.402. The summed E-state index contributed by atoms with van der Waals surface area (Å²) in [6, 6.07) is 5.51. The van der Waals surface area contributed by atoms with E-state index in [1.807, 2.05) is 12.1 Å². The molecule has 0 unspecified atom stereocenters. The van der Waals surface area contributed by atoms with Crippen molar-refractivity contribution in [2.75, 3.05) is 11.9 Å². The van der Waals surface area contributed by atoms with Crippen molar-refractivity contribution in [3.05, 3.63) is 50.4 Å². The third kappa shape index (κ3) is 2.80. The van der Waals surface area contributed by atoms with Crippen molar-refractivity contribution in [1.29, 1.82) is 0 Å². The number of aromatic nitrogens is 4. The maximum absolute atomic E-state index is 11.9. The molecule has 3 rings (SSSR count). The lowest BCUT2D eigenvalue weighted by molar-refractivity contribution is 0.785. The first-order valence-corrected chi connectivity index (χ1v) is 7.40. The molecule has 0 amide bonds. The molecule has 1 aromatic carbocycles. The number of halogens is 2. The maximum atomic E-state index is 11.9. The quantitative estimate of drug-likeness (QED) is 0.767. The number of benzene rings is 1. The van der Waals surface area contributed by atoms with Gasteiger partial charge in [-0.3, -0.25) is 14.5 Å². The van der Waals surface area contributed by atoms with Crippen LogP contribution in [0.4, 0.5) is 5.95 Å². The topological polar surface area (TPSA) is 75.6 Å². The molecule has 0 bridgehead atoms. The van der Waals surface area contributed by atoms with E-state index in [4.69, 9.17) is 23.2 Å². The van der Waals surface area contributed by atoms with Gasteiger partial charge in [0, 0.05) is 13.6 Å². The number of aryl methyl sites for hydroxylation is 1. The Morgan fingerprint density at radius 1 is 1.36 bits per heavy atom. The number of anilines is 1. The van der Waals surface area contributed by atoms with E-state index in [0.717, 1.165) is 5.56 Å². The van der Waals surface area contributed by atoms with Crippen LogP contribution in [0.25, 0.3) is 11.0 Å². The molecule has 0 saturated heterocycles. The summed E-state index contributed by atoms with van der Waals surface area (Å²) in [7, 11) is 1.74. The smallest absolute Gasteiger partial charge is 0.263 e. The second-order valence-corrected chi connectivity index (χ2v) is 5.59. The van der Waals surface area contributed by atoms with Crippen LogP contribution in [0, 0.1) is 0 Å². The lowest BCUT2D eigenvalue weighted by Crippen LogP contribution is -2.15. The molecule has 22 heavy (non-hydrogen) atoms. The molecule has 0 saturated carbocycles. The van der Waals surface area contributed by atoms with Crippen molar-refractivity contribution >= 4 is 40.2 Å². The van der Waals surface area contributed by atoms with Gasteiger partial charge in [0.2, 0.25) is 5.95 Å². The molecule has 2 aromatic heterocycles. The molecule has 0 fully saturated rings. The van der Waals surface area contributed by atoms with Gasteiger partial charge in [-0.1, -0.05) is 35.3 Å². The second-order valence-electron chi connectivity index (χ2n) is 4.81. The van der Waals surface area contributed by atoms with Gasteiger partial charge < -0.3 is 5.32 Å². The van der Waals surface area contributed by atoms with E-state index >= 15 is 0 Å². The van der Waals surface area contributed by atoms with E-state index in [1.165, 1.54) is 6.20 Å². The predicted octanol–water partition coefficient (Wildman–Crippen LogP) is 2.62. The number of fused-ring (bicyclic) bond motifs is 1. The van der Waals surface area contributed by atoms with Gasteiger partial charge in [-0.2, -0.15) is 10.1 Å². The summed E-state index contributed by atoms with van der Waals surface area (Å²) in [5.41, 5.74) is 1.25. The molecule has 114 valence electrons. The number of hydrogen-bond donors (Lipinski definition) is 2. The molecule has 0 aliphatic rings. The Kier molecular flexibility index (Phi) is 4.04. The van der Waals surface area contributed by atoms with Crippen LogP contribution in [-0.2, 0) is 13.5 Å². The van der Waals surface area contributed by atoms with E-state index in [0.29, 0.717) is 40.0 Å². The largest absolute Gasteiger partial charge is 0.355 e. The zero-order valence-corrected chi connectivity index (χ0v) is 13.2. The minimum absolute atomic E-state index is 0.221.